The molecular weight excluding hydrogens is 316 g/mol. The Hall–Kier alpha value is -0.970. The molecule has 25 heavy (non-hydrogen) atoms. The van der Waals surface area contributed by atoms with Gasteiger partial charge in [-0.1, -0.05) is 32.4 Å². The number of allylic oxidation sites excluding steroid dienone is 2. The smallest absolute Gasteiger partial charge is 0.158 e. The van der Waals surface area contributed by atoms with Crippen molar-refractivity contribution in [2.45, 2.75) is 78.4 Å². The zero-order chi connectivity index (χ0) is 19.0. The molecule has 4 nitrogen and oxygen atoms in total. The molecule has 1 heterocycles. The minimum absolute atomic E-state index is 0.00837. The Morgan fingerprint density at radius 1 is 1.40 bits per heavy atom. The second-order valence-corrected chi connectivity index (χ2v) is 7.94. The lowest BCUT2D eigenvalue weighted by molar-refractivity contribution is -0.118. The van der Waals surface area contributed by atoms with Gasteiger partial charge in [0.15, 0.2) is 5.78 Å². The normalized spacial score (nSPS) is 28.2. The molecule has 4 heteroatoms. The Bertz CT molecular complexity index is 492. The summed E-state index contributed by atoms with van der Waals surface area (Å²) in [7, 11) is 0. The van der Waals surface area contributed by atoms with Gasteiger partial charge in [-0.2, -0.15) is 0 Å². The molecule has 1 aliphatic heterocycles. The Balaban J connectivity index is 2.54. The number of ketones is 1. The van der Waals surface area contributed by atoms with Crippen LogP contribution in [0.5, 0.6) is 0 Å². The first-order chi connectivity index (χ1) is 11.7. The molecule has 1 saturated heterocycles. The fourth-order valence-corrected chi connectivity index (χ4v) is 3.02. The first-order valence-electron chi connectivity index (χ1n) is 9.52. The van der Waals surface area contributed by atoms with Gasteiger partial charge in [0.25, 0.3) is 0 Å². The summed E-state index contributed by atoms with van der Waals surface area (Å²) in [5.41, 5.74) is 1.58. The molecule has 144 valence electrons. The summed E-state index contributed by atoms with van der Waals surface area (Å²) in [5, 5.41) is 19.5. The predicted octanol–water partition coefficient (Wildman–Crippen LogP) is 3.81. The van der Waals surface area contributed by atoms with Crippen molar-refractivity contribution >= 4 is 5.78 Å². The second kappa shape index (κ2) is 10.2. The largest absolute Gasteiger partial charge is 0.392 e. The molecule has 0 bridgehead atoms. The van der Waals surface area contributed by atoms with Gasteiger partial charge in [-0.15, -0.1) is 0 Å². The summed E-state index contributed by atoms with van der Waals surface area (Å²) >= 11 is 0. The number of aliphatic hydroxyl groups is 2. The van der Waals surface area contributed by atoms with E-state index in [2.05, 4.69) is 13.8 Å². The van der Waals surface area contributed by atoms with Crippen molar-refractivity contribution in [1.82, 2.24) is 0 Å². The Morgan fingerprint density at radius 3 is 2.68 bits per heavy atom. The van der Waals surface area contributed by atoms with Crippen molar-refractivity contribution in [3.05, 3.63) is 23.3 Å². The van der Waals surface area contributed by atoms with Crippen molar-refractivity contribution in [3.63, 3.8) is 0 Å². The van der Waals surface area contributed by atoms with Crippen LogP contribution in [0, 0.1) is 11.8 Å². The zero-order valence-corrected chi connectivity index (χ0v) is 16.5. The Kier molecular flexibility index (Phi) is 9.04. The average molecular weight is 353 g/mol. The van der Waals surface area contributed by atoms with Crippen LogP contribution in [0.1, 0.15) is 66.7 Å². The zero-order valence-electron chi connectivity index (χ0n) is 16.5. The van der Waals surface area contributed by atoms with Crippen molar-refractivity contribution in [1.29, 1.82) is 0 Å². The van der Waals surface area contributed by atoms with E-state index in [9.17, 15) is 9.90 Å². The summed E-state index contributed by atoms with van der Waals surface area (Å²) in [5.74, 6) is 0.572. The SMILES string of the molecule is C/C(=C/C(=O)C(C)CCCC1(C)OC/C(=C\CO)CCC1O)C(C)C. The van der Waals surface area contributed by atoms with Crippen LogP contribution < -0.4 is 0 Å². The predicted molar refractivity (Wildman–Crippen MR) is 101 cm³/mol. The molecule has 0 aromatic carbocycles. The van der Waals surface area contributed by atoms with Crippen LogP contribution in [0.25, 0.3) is 0 Å². The summed E-state index contributed by atoms with van der Waals surface area (Å²) in [6, 6.07) is 0. The molecule has 0 saturated carbocycles. The minimum Gasteiger partial charge on any atom is -0.392 e. The fraction of sp³-hybridized carbons (Fsp3) is 0.762. The molecule has 0 aromatic heterocycles. The summed E-state index contributed by atoms with van der Waals surface area (Å²) in [6.45, 7) is 10.6. The Morgan fingerprint density at radius 2 is 2.08 bits per heavy atom. The highest BCUT2D eigenvalue weighted by atomic mass is 16.5. The maximum absolute atomic E-state index is 12.3. The van der Waals surface area contributed by atoms with Crippen LogP contribution in [0.4, 0.5) is 0 Å². The number of rotatable bonds is 8. The molecule has 0 spiro atoms. The first-order valence-corrected chi connectivity index (χ1v) is 9.52. The summed E-state index contributed by atoms with van der Waals surface area (Å²) in [6.07, 6.45) is 6.79. The van der Waals surface area contributed by atoms with Crippen molar-refractivity contribution in [3.8, 4) is 0 Å². The summed E-state index contributed by atoms with van der Waals surface area (Å²) < 4.78 is 5.98. The number of hydrogen-bond donors (Lipinski definition) is 2. The van der Waals surface area contributed by atoms with Gasteiger partial charge in [-0.05, 0) is 63.5 Å². The number of hydrogen-bond acceptors (Lipinski definition) is 4. The van der Waals surface area contributed by atoms with E-state index in [-0.39, 0.29) is 18.3 Å². The molecule has 0 amide bonds. The maximum Gasteiger partial charge on any atom is 0.158 e. The summed E-state index contributed by atoms with van der Waals surface area (Å²) in [4.78, 5) is 12.3. The van der Waals surface area contributed by atoms with Gasteiger partial charge in [-0.25, -0.2) is 0 Å². The lowest BCUT2D eigenvalue weighted by Crippen LogP contribution is -2.41. The topological polar surface area (TPSA) is 66.8 Å². The van der Waals surface area contributed by atoms with Gasteiger partial charge in [-0.3, -0.25) is 4.79 Å². The minimum atomic E-state index is -0.586. The van der Waals surface area contributed by atoms with E-state index in [1.807, 2.05) is 20.8 Å². The average Bonchev–Trinajstić information content (AvgIpc) is 2.69. The molecule has 0 aliphatic carbocycles. The van der Waals surface area contributed by atoms with E-state index in [1.165, 1.54) is 0 Å². The molecule has 0 aromatic rings. The van der Waals surface area contributed by atoms with Crippen LogP contribution in [0.3, 0.4) is 0 Å². The van der Waals surface area contributed by atoms with Crippen LogP contribution in [0.15, 0.2) is 23.3 Å². The van der Waals surface area contributed by atoms with E-state index in [0.29, 0.717) is 18.9 Å². The van der Waals surface area contributed by atoms with E-state index in [1.54, 1.807) is 12.2 Å². The maximum atomic E-state index is 12.3. The van der Waals surface area contributed by atoms with Crippen LogP contribution in [0.2, 0.25) is 0 Å². The quantitative estimate of drug-likeness (QED) is 0.515. The van der Waals surface area contributed by atoms with E-state index >= 15 is 0 Å². The van der Waals surface area contributed by atoms with Crippen LogP contribution >= 0.6 is 0 Å². The highest BCUT2D eigenvalue weighted by molar-refractivity contribution is 5.92. The van der Waals surface area contributed by atoms with Gasteiger partial charge in [0.2, 0.25) is 0 Å². The highest BCUT2D eigenvalue weighted by Gasteiger charge is 2.36. The lowest BCUT2D eigenvalue weighted by Gasteiger charge is -2.33. The third-order valence-corrected chi connectivity index (χ3v) is 5.49. The standard InChI is InChI=1S/C21H36O4/c1-15(2)17(4)13-19(23)16(3)7-6-11-21(5)20(24)9-8-18(10-12-22)14-25-21/h10,13,15-16,20,22,24H,6-9,11-12,14H2,1-5H3/b17-13-,18-10-. The number of ether oxygens (including phenoxy) is 1. The molecule has 3 unspecified atom stereocenters. The van der Waals surface area contributed by atoms with Gasteiger partial charge in [0, 0.05) is 5.92 Å². The van der Waals surface area contributed by atoms with E-state index < -0.39 is 11.7 Å². The third-order valence-electron chi connectivity index (χ3n) is 5.49. The van der Waals surface area contributed by atoms with E-state index in [4.69, 9.17) is 9.84 Å². The molecule has 1 fully saturated rings. The molecule has 0 radical (unpaired) electrons. The van der Waals surface area contributed by atoms with Gasteiger partial charge >= 0.3 is 0 Å². The Labute approximate surface area is 153 Å². The van der Waals surface area contributed by atoms with Crippen molar-refractivity contribution in [2.24, 2.45) is 11.8 Å². The number of carbonyl (C=O) groups is 1. The van der Waals surface area contributed by atoms with Crippen LogP contribution in [-0.4, -0.2) is 40.9 Å². The first kappa shape index (κ1) is 22.1. The highest BCUT2D eigenvalue weighted by Crippen LogP contribution is 2.31. The monoisotopic (exact) mass is 352 g/mol. The van der Waals surface area contributed by atoms with Crippen LogP contribution in [-0.2, 0) is 9.53 Å². The lowest BCUT2D eigenvalue weighted by atomic mass is 9.87. The second-order valence-electron chi connectivity index (χ2n) is 7.94. The van der Waals surface area contributed by atoms with Crippen molar-refractivity contribution < 1.29 is 19.7 Å². The van der Waals surface area contributed by atoms with Gasteiger partial charge in [0.05, 0.1) is 24.9 Å². The molecule has 1 rings (SSSR count). The van der Waals surface area contributed by atoms with E-state index in [0.717, 1.165) is 36.8 Å². The molecule has 2 N–H and O–H groups in total. The van der Waals surface area contributed by atoms with Crippen molar-refractivity contribution in [2.75, 3.05) is 13.2 Å². The molecular formula is C21H36O4. The number of carbonyl (C=O) groups excluding carboxylic acids is 1. The number of aliphatic hydroxyl groups excluding tert-OH is 2. The third kappa shape index (κ3) is 7.04. The fourth-order valence-electron chi connectivity index (χ4n) is 3.02. The van der Waals surface area contributed by atoms with Gasteiger partial charge in [0.1, 0.15) is 0 Å². The molecule has 1 aliphatic rings. The molecule has 3 atom stereocenters. The van der Waals surface area contributed by atoms with Gasteiger partial charge < -0.3 is 14.9 Å².